The minimum Gasteiger partial charge on any atom is -0.491 e. The summed E-state index contributed by atoms with van der Waals surface area (Å²) in [7, 11) is 4.03. The molecule has 0 atom stereocenters. The Bertz CT molecular complexity index is 1720. The Kier molecular flexibility index (Phi) is 5.86. The van der Waals surface area contributed by atoms with Gasteiger partial charge in [0.1, 0.15) is 23.9 Å². The van der Waals surface area contributed by atoms with Gasteiger partial charge in [-0.05, 0) is 62.1 Å². The Morgan fingerprint density at radius 1 is 0.892 bits per heavy atom. The van der Waals surface area contributed by atoms with Crippen LogP contribution in [0.15, 0.2) is 79.3 Å². The Morgan fingerprint density at radius 3 is 2.62 bits per heavy atom. The van der Waals surface area contributed by atoms with E-state index in [-0.39, 0.29) is 5.82 Å². The molecule has 2 aromatic carbocycles. The third kappa shape index (κ3) is 4.43. The van der Waals surface area contributed by atoms with Crippen molar-refractivity contribution in [3.63, 3.8) is 0 Å². The predicted octanol–water partition coefficient (Wildman–Crippen LogP) is 5.91. The van der Waals surface area contributed by atoms with Gasteiger partial charge >= 0.3 is 0 Å². The standard InChI is InChI=1S/C29H25FN6O/c1-36(2)11-12-37-20-13-19(16-31-17-20)18-7-8-26-22(14-18)29(35-34-26)27-15-23-25(33-27)9-10-32-28(23)21-5-3-4-6-24(21)30/h3-10,13-17,33H,11-12H2,1-2H3,(H,34,35). The number of hydrogen-bond acceptors (Lipinski definition) is 5. The van der Waals surface area contributed by atoms with Gasteiger partial charge in [0, 0.05) is 46.4 Å². The number of H-pyrrole nitrogens is 2. The maximum Gasteiger partial charge on any atom is 0.138 e. The summed E-state index contributed by atoms with van der Waals surface area (Å²) in [5.74, 6) is 0.428. The van der Waals surface area contributed by atoms with Crippen molar-refractivity contribution in [1.29, 1.82) is 0 Å². The van der Waals surface area contributed by atoms with E-state index in [0.717, 1.165) is 56.6 Å². The molecule has 6 aromatic rings. The van der Waals surface area contributed by atoms with Gasteiger partial charge in [0.2, 0.25) is 0 Å². The molecule has 0 aliphatic carbocycles. The van der Waals surface area contributed by atoms with Crippen molar-refractivity contribution in [1.82, 2.24) is 30.0 Å². The first-order valence-corrected chi connectivity index (χ1v) is 12.0. The topological polar surface area (TPSA) is 82.7 Å². The first-order chi connectivity index (χ1) is 18.1. The molecule has 0 spiro atoms. The second-order valence-electron chi connectivity index (χ2n) is 9.18. The molecule has 4 heterocycles. The lowest BCUT2D eigenvalue weighted by atomic mass is 10.0. The van der Waals surface area contributed by atoms with Crippen LogP contribution < -0.4 is 4.74 Å². The molecule has 184 valence electrons. The highest BCUT2D eigenvalue weighted by Crippen LogP contribution is 2.35. The number of aromatic nitrogens is 5. The van der Waals surface area contributed by atoms with Crippen LogP contribution in [0.3, 0.4) is 0 Å². The monoisotopic (exact) mass is 492 g/mol. The van der Waals surface area contributed by atoms with Gasteiger partial charge in [0.25, 0.3) is 0 Å². The highest BCUT2D eigenvalue weighted by Gasteiger charge is 2.16. The fourth-order valence-corrected chi connectivity index (χ4v) is 4.45. The normalized spacial score (nSPS) is 11.6. The fraction of sp³-hybridized carbons (Fsp3) is 0.138. The lowest BCUT2D eigenvalue weighted by Gasteiger charge is -2.11. The summed E-state index contributed by atoms with van der Waals surface area (Å²) < 4.78 is 20.4. The quantitative estimate of drug-likeness (QED) is 0.289. The Morgan fingerprint density at radius 2 is 1.76 bits per heavy atom. The zero-order chi connectivity index (χ0) is 25.4. The number of nitrogens with one attached hydrogen (secondary N) is 2. The molecule has 37 heavy (non-hydrogen) atoms. The van der Waals surface area contributed by atoms with Crippen molar-refractivity contribution >= 4 is 21.8 Å². The summed E-state index contributed by atoms with van der Waals surface area (Å²) in [4.78, 5) is 14.4. The SMILES string of the molecule is CN(C)CCOc1cncc(-c2ccc3[nH]nc(-c4cc5c(-c6ccccc6F)nccc5[nH]4)c3c2)c1. The van der Waals surface area contributed by atoms with Crippen LogP contribution in [0, 0.1) is 5.82 Å². The van der Waals surface area contributed by atoms with Crippen molar-refractivity contribution in [3.05, 3.63) is 85.1 Å². The zero-order valence-electron chi connectivity index (χ0n) is 20.5. The first-order valence-electron chi connectivity index (χ1n) is 12.0. The molecule has 0 radical (unpaired) electrons. The van der Waals surface area contributed by atoms with E-state index in [9.17, 15) is 4.39 Å². The maximum absolute atomic E-state index is 14.5. The summed E-state index contributed by atoms with van der Waals surface area (Å²) in [5.41, 5.74) is 6.40. The summed E-state index contributed by atoms with van der Waals surface area (Å²) in [5, 5.41) is 9.52. The van der Waals surface area contributed by atoms with Gasteiger partial charge < -0.3 is 14.6 Å². The van der Waals surface area contributed by atoms with E-state index in [1.807, 2.05) is 56.7 Å². The number of hydrogen-bond donors (Lipinski definition) is 2. The molecule has 0 saturated heterocycles. The number of halogens is 1. The Balaban J connectivity index is 1.39. The van der Waals surface area contributed by atoms with E-state index in [2.05, 4.69) is 36.1 Å². The van der Waals surface area contributed by atoms with Crippen LogP contribution in [-0.2, 0) is 0 Å². The lowest BCUT2D eigenvalue weighted by Crippen LogP contribution is -2.19. The van der Waals surface area contributed by atoms with Crippen molar-refractivity contribution < 1.29 is 9.13 Å². The summed E-state index contributed by atoms with van der Waals surface area (Å²) in [6.07, 6.45) is 5.24. The number of pyridine rings is 2. The number of benzene rings is 2. The van der Waals surface area contributed by atoms with Gasteiger partial charge in [-0.3, -0.25) is 15.1 Å². The lowest BCUT2D eigenvalue weighted by molar-refractivity contribution is 0.261. The molecule has 0 unspecified atom stereocenters. The Hall–Kier alpha value is -4.56. The summed E-state index contributed by atoms with van der Waals surface area (Å²) in [6, 6.07) is 18.7. The van der Waals surface area contributed by atoms with E-state index >= 15 is 0 Å². The van der Waals surface area contributed by atoms with Crippen molar-refractivity contribution in [2.45, 2.75) is 0 Å². The molecule has 0 aliphatic heterocycles. The van der Waals surface area contributed by atoms with Crippen LogP contribution >= 0.6 is 0 Å². The molecule has 6 rings (SSSR count). The summed E-state index contributed by atoms with van der Waals surface area (Å²) in [6.45, 7) is 1.42. The molecule has 0 amide bonds. The predicted molar refractivity (Wildman–Crippen MR) is 144 cm³/mol. The first kappa shape index (κ1) is 22.9. The van der Waals surface area contributed by atoms with Crippen molar-refractivity contribution in [2.75, 3.05) is 27.2 Å². The van der Waals surface area contributed by atoms with Gasteiger partial charge in [-0.2, -0.15) is 5.10 Å². The van der Waals surface area contributed by atoms with E-state index in [1.54, 1.807) is 24.5 Å². The average Bonchev–Trinajstić information content (AvgIpc) is 3.52. The van der Waals surface area contributed by atoms with Gasteiger partial charge in [-0.25, -0.2) is 4.39 Å². The fourth-order valence-electron chi connectivity index (χ4n) is 4.45. The van der Waals surface area contributed by atoms with Crippen molar-refractivity contribution in [3.8, 4) is 39.5 Å². The van der Waals surface area contributed by atoms with Gasteiger partial charge in [0.15, 0.2) is 0 Å². The smallest absolute Gasteiger partial charge is 0.138 e. The molecule has 0 saturated carbocycles. The minimum absolute atomic E-state index is 0.304. The summed E-state index contributed by atoms with van der Waals surface area (Å²) >= 11 is 0. The average molecular weight is 493 g/mol. The molecular formula is C29H25FN6O. The van der Waals surface area contributed by atoms with E-state index in [1.165, 1.54) is 6.07 Å². The molecule has 7 nitrogen and oxygen atoms in total. The van der Waals surface area contributed by atoms with Crippen LogP contribution in [0.5, 0.6) is 5.75 Å². The molecule has 8 heteroatoms. The number of aromatic amines is 2. The van der Waals surface area contributed by atoms with Gasteiger partial charge in [-0.1, -0.05) is 18.2 Å². The van der Waals surface area contributed by atoms with Crippen LogP contribution in [0.1, 0.15) is 0 Å². The molecule has 0 bridgehead atoms. The van der Waals surface area contributed by atoms with Crippen molar-refractivity contribution in [2.24, 2.45) is 0 Å². The van der Waals surface area contributed by atoms with Crippen LogP contribution in [0.2, 0.25) is 0 Å². The second-order valence-corrected chi connectivity index (χ2v) is 9.18. The maximum atomic E-state index is 14.5. The number of ether oxygens (including phenoxy) is 1. The highest BCUT2D eigenvalue weighted by atomic mass is 19.1. The van der Waals surface area contributed by atoms with Crippen LogP contribution in [-0.4, -0.2) is 57.3 Å². The minimum atomic E-state index is -0.304. The highest BCUT2D eigenvalue weighted by molar-refractivity contribution is 6.00. The zero-order valence-corrected chi connectivity index (χ0v) is 20.5. The molecule has 4 aromatic heterocycles. The van der Waals surface area contributed by atoms with Gasteiger partial charge in [-0.15, -0.1) is 0 Å². The molecule has 0 aliphatic rings. The van der Waals surface area contributed by atoms with E-state index in [4.69, 9.17) is 4.74 Å². The second kappa shape index (κ2) is 9.48. The number of fused-ring (bicyclic) bond motifs is 2. The molecule has 0 fully saturated rings. The molecule has 2 N–H and O–H groups in total. The number of nitrogens with zero attached hydrogens (tertiary/aromatic N) is 4. The third-order valence-electron chi connectivity index (χ3n) is 6.35. The molecular weight excluding hydrogens is 467 g/mol. The third-order valence-corrected chi connectivity index (χ3v) is 6.35. The Labute approximate surface area is 213 Å². The van der Waals surface area contributed by atoms with E-state index < -0.39 is 0 Å². The van der Waals surface area contributed by atoms with Gasteiger partial charge in [0.05, 0.1) is 23.1 Å². The van der Waals surface area contributed by atoms with E-state index in [0.29, 0.717) is 17.9 Å². The van der Waals surface area contributed by atoms with Crippen LogP contribution in [0.4, 0.5) is 4.39 Å². The largest absolute Gasteiger partial charge is 0.491 e. The number of rotatable bonds is 7. The van der Waals surface area contributed by atoms with Crippen LogP contribution in [0.25, 0.3) is 55.6 Å². The number of likely N-dealkylation sites (N-methyl/N-ethyl adjacent to an activating group) is 1.